The van der Waals surface area contributed by atoms with E-state index < -0.39 is 0 Å². The Morgan fingerprint density at radius 3 is 2.72 bits per heavy atom. The van der Waals surface area contributed by atoms with E-state index in [4.69, 9.17) is 11.6 Å². The normalized spacial score (nSPS) is 11.1. The second-order valence-corrected chi connectivity index (χ2v) is 5.75. The summed E-state index contributed by atoms with van der Waals surface area (Å²) in [5.74, 6) is -0.0873. The average Bonchev–Trinajstić information content (AvgIpc) is 2.28. The third-order valence-corrected chi connectivity index (χ3v) is 3.70. The van der Waals surface area contributed by atoms with Gasteiger partial charge < -0.3 is 10.2 Å². The lowest BCUT2D eigenvalue weighted by molar-refractivity contribution is 0.0947. The number of nitrogens with zero attached hydrogens (tertiary/aromatic N) is 1. The molecule has 1 amide bonds. The zero-order valence-corrected chi connectivity index (χ0v) is 13.2. The zero-order chi connectivity index (χ0) is 13.7. The summed E-state index contributed by atoms with van der Waals surface area (Å²) in [4.78, 5) is 14.1. The number of amides is 1. The maximum absolute atomic E-state index is 11.9. The van der Waals surface area contributed by atoms with Crippen LogP contribution in [-0.4, -0.2) is 37.0 Å². The van der Waals surface area contributed by atoms with Crippen molar-refractivity contribution in [3.8, 4) is 0 Å². The summed E-state index contributed by atoms with van der Waals surface area (Å²) in [6.45, 7) is 5.70. The first-order chi connectivity index (χ1) is 8.41. The predicted octanol–water partition coefficient (Wildman–Crippen LogP) is 3.17. The SMILES string of the molecule is CC(C)N(C)CCNC(=O)c1ccc(Cl)cc1Br. The van der Waals surface area contributed by atoms with Crippen molar-refractivity contribution < 1.29 is 4.79 Å². The number of likely N-dealkylation sites (N-methyl/N-ethyl adjacent to an activating group) is 1. The molecule has 0 aliphatic heterocycles. The summed E-state index contributed by atoms with van der Waals surface area (Å²) < 4.78 is 0.713. The quantitative estimate of drug-likeness (QED) is 0.897. The molecule has 1 aromatic carbocycles. The Bertz CT molecular complexity index is 423. The van der Waals surface area contributed by atoms with Crippen molar-refractivity contribution in [2.75, 3.05) is 20.1 Å². The van der Waals surface area contributed by atoms with E-state index in [-0.39, 0.29) is 5.91 Å². The Morgan fingerprint density at radius 2 is 2.17 bits per heavy atom. The smallest absolute Gasteiger partial charge is 0.252 e. The van der Waals surface area contributed by atoms with E-state index in [2.05, 4.69) is 40.0 Å². The fraction of sp³-hybridized carbons (Fsp3) is 0.462. The Balaban J connectivity index is 2.51. The molecule has 0 radical (unpaired) electrons. The van der Waals surface area contributed by atoms with Crippen molar-refractivity contribution in [2.24, 2.45) is 0 Å². The molecule has 1 N–H and O–H groups in total. The van der Waals surface area contributed by atoms with Gasteiger partial charge in [0, 0.05) is 28.6 Å². The maximum atomic E-state index is 11.9. The molecule has 3 nitrogen and oxygen atoms in total. The molecule has 18 heavy (non-hydrogen) atoms. The van der Waals surface area contributed by atoms with Crippen molar-refractivity contribution in [3.63, 3.8) is 0 Å². The van der Waals surface area contributed by atoms with Crippen LogP contribution in [0.2, 0.25) is 5.02 Å². The lowest BCUT2D eigenvalue weighted by Crippen LogP contribution is -2.36. The molecule has 0 bridgehead atoms. The topological polar surface area (TPSA) is 32.3 Å². The summed E-state index contributed by atoms with van der Waals surface area (Å²) in [5.41, 5.74) is 0.603. The summed E-state index contributed by atoms with van der Waals surface area (Å²) >= 11 is 9.17. The van der Waals surface area contributed by atoms with Crippen LogP contribution < -0.4 is 5.32 Å². The summed E-state index contributed by atoms with van der Waals surface area (Å²) in [5, 5.41) is 3.50. The van der Waals surface area contributed by atoms with Gasteiger partial charge in [-0.3, -0.25) is 4.79 Å². The van der Waals surface area contributed by atoms with E-state index >= 15 is 0 Å². The number of hydrogen-bond acceptors (Lipinski definition) is 2. The molecule has 1 rings (SSSR count). The molecule has 100 valence electrons. The van der Waals surface area contributed by atoms with Gasteiger partial charge in [-0.1, -0.05) is 11.6 Å². The summed E-state index contributed by atoms with van der Waals surface area (Å²) in [6.07, 6.45) is 0. The Kier molecular flexibility index (Phi) is 6.12. The van der Waals surface area contributed by atoms with Gasteiger partial charge in [0.2, 0.25) is 0 Å². The molecule has 0 aliphatic carbocycles. The molecule has 0 spiro atoms. The van der Waals surface area contributed by atoms with E-state index in [0.717, 1.165) is 6.54 Å². The molecular weight excluding hydrogens is 316 g/mol. The van der Waals surface area contributed by atoms with E-state index in [1.54, 1.807) is 18.2 Å². The second-order valence-electron chi connectivity index (χ2n) is 4.45. The van der Waals surface area contributed by atoms with E-state index in [9.17, 15) is 4.79 Å². The van der Waals surface area contributed by atoms with E-state index in [0.29, 0.717) is 27.6 Å². The Labute approximate surface area is 122 Å². The zero-order valence-electron chi connectivity index (χ0n) is 10.8. The summed E-state index contributed by atoms with van der Waals surface area (Å²) in [6, 6.07) is 5.62. The van der Waals surface area contributed by atoms with Crippen LogP contribution in [0, 0.1) is 0 Å². The standard InChI is InChI=1S/C13H18BrClN2O/c1-9(2)17(3)7-6-16-13(18)11-5-4-10(15)8-12(11)14/h4-5,8-9H,6-7H2,1-3H3,(H,16,18). The monoisotopic (exact) mass is 332 g/mol. The van der Waals surface area contributed by atoms with Gasteiger partial charge in [0.05, 0.1) is 5.56 Å². The van der Waals surface area contributed by atoms with E-state index in [1.165, 1.54) is 0 Å². The minimum Gasteiger partial charge on any atom is -0.351 e. The van der Waals surface area contributed by atoms with Gasteiger partial charge in [0.1, 0.15) is 0 Å². The Morgan fingerprint density at radius 1 is 1.50 bits per heavy atom. The highest BCUT2D eigenvalue weighted by atomic mass is 79.9. The number of benzene rings is 1. The van der Waals surface area contributed by atoms with Crippen molar-refractivity contribution in [1.82, 2.24) is 10.2 Å². The van der Waals surface area contributed by atoms with Crippen molar-refractivity contribution in [2.45, 2.75) is 19.9 Å². The first kappa shape index (κ1) is 15.5. The summed E-state index contributed by atoms with van der Waals surface area (Å²) in [7, 11) is 2.04. The third-order valence-electron chi connectivity index (χ3n) is 2.81. The molecular formula is C13H18BrClN2O. The molecule has 5 heteroatoms. The van der Waals surface area contributed by atoms with Gasteiger partial charge in [-0.15, -0.1) is 0 Å². The molecule has 0 saturated carbocycles. The fourth-order valence-corrected chi connectivity index (χ4v) is 2.24. The number of carbonyl (C=O) groups is 1. The second kappa shape index (κ2) is 7.12. The molecule has 0 aromatic heterocycles. The molecule has 0 heterocycles. The first-order valence-corrected chi connectivity index (χ1v) is 7.02. The minimum absolute atomic E-state index is 0.0873. The predicted molar refractivity (Wildman–Crippen MR) is 79.3 cm³/mol. The van der Waals surface area contributed by atoms with Crippen LogP contribution in [0.5, 0.6) is 0 Å². The number of carbonyl (C=O) groups excluding carboxylic acids is 1. The first-order valence-electron chi connectivity index (χ1n) is 5.85. The average molecular weight is 334 g/mol. The van der Waals surface area contributed by atoms with Gasteiger partial charge in [0.25, 0.3) is 5.91 Å². The lowest BCUT2D eigenvalue weighted by atomic mass is 10.2. The molecule has 0 atom stereocenters. The van der Waals surface area contributed by atoms with Gasteiger partial charge >= 0.3 is 0 Å². The maximum Gasteiger partial charge on any atom is 0.252 e. The van der Waals surface area contributed by atoms with Crippen LogP contribution in [0.3, 0.4) is 0 Å². The molecule has 1 aromatic rings. The van der Waals surface area contributed by atoms with Gasteiger partial charge in [-0.2, -0.15) is 0 Å². The van der Waals surface area contributed by atoms with Crippen LogP contribution >= 0.6 is 27.5 Å². The van der Waals surface area contributed by atoms with Gasteiger partial charge in [0.15, 0.2) is 0 Å². The van der Waals surface area contributed by atoms with E-state index in [1.807, 2.05) is 7.05 Å². The fourth-order valence-electron chi connectivity index (χ4n) is 1.37. The largest absolute Gasteiger partial charge is 0.351 e. The highest BCUT2D eigenvalue weighted by Gasteiger charge is 2.10. The number of halogens is 2. The molecule has 0 saturated heterocycles. The van der Waals surface area contributed by atoms with Crippen molar-refractivity contribution in [3.05, 3.63) is 33.3 Å². The van der Waals surface area contributed by atoms with Crippen LogP contribution in [0.4, 0.5) is 0 Å². The van der Waals surface area contributed by atoms with Crippen molar-refractivity contribution in [1.29, 1.82) is 0 Å². The van der Waals surface area contributed by atoms with Crippen LogP contribution in [0.15, 0.2) is 22.7 Å². The highest BCUT2D eigenvalue weighted by Crippen LogP contribution is 2.21. The molecule has 0 aliphatic rings. The van der Waals surface area contributed by atoms with Crippen molar-refractivity contribution >= 4 is 33.4 Å². The van der Waals surface area contributed by atoms with Crippen LogP contribution in [0.25, 0.3) is 0 Å². The molecule has 0 fully saturated rings. The van der Waals surface area contributed by atoms with Gasteiger partial charge in [-0.25, -0.2) is 0 Å². The van der Waals surface area contributed by atoms with Crippen LogP contribution in [0.1, 0.15) is 24.2 Å². The number of nitrogens with one attached hydrogen (secondary N) is 1. The number of hydrogen-bond donors (Lipinski definition) is 1. The molecule has 0 unspecified atom stereocenters. The highest BCUT2D eigenvalue weighted by molar-refractivity contribution is 9.10. The Hall–Kier alpha value is -0.580. The van der Waals surface area contributed by atoms with Gasteiger partial charge in [-0.05, 0) is 55.0 Å². The third kappa shape index (κ3) is 4.59. The lowest BCUT2D eigenvalue weighted by Gasteiger charge is -2.20. The minimum atomic E-state index is -0.0873. The van der Waals surface area contributed by atoms with Crippen LogP contribution in [-0.2, 0) is 0 Å². The number of rotatable bonds is 5.